The lowest BCUT2D eigenvalue weighted by Gasteiger charge is -2.07. The molecule has 0 atom stereocenters. The molecule has 0 fully saturated rings. The molecule has 0 aromatic carbocycles. The summed E-state index contributed by atoms with van der Waals surface area (Å²) in [4.78, 5) is 15.5. The summed E-state index contributed by atoms with van der Waals surface area (Å²) in [6, 6.07) is 0. The van der Waals surface area contributed by atoms with Gasteiger partial charge in [-0.05, 0) is 25.1 Å². The average molecular weight is 289 g/mol. The van der Waals surface area contributed by atoms with Gasteiger partial charge in [0.05, 0.1) is 13.0 Å². The van der Waals surface area contributed by atoms with Crippen molar-refractivity contribution < 1.29 is 14.3 Å². The number of aryl methyl sites for hydroxylation is 1. The molecular weight excluding hydrogens is 270 g/mol. The first-order valence-electron chi connectivity index (χ1n) is 5.91. The maximum absolute atomic E-state index is 11.6. The van der Waals surface area contributed by atoms with Crippen molar-refractivity contribution in [2.75, 3.05) is 19.8 Å². The van der Waals surface area contributed by atoms with Gasteiger partial charge < -0.3 is 14.5 Å². The smallest absolute Gasteiger partial charge is 0.311 e. The molecule has 4 nitrogen and oxygen atoms in total. The van der Waals surface area contributed by atoms with Gasteiger partial charge >= 0.3 is 5.97 Å². The number of aromatic amines is 1. The fraction of sp³-hybridized carbons (Fsp3) is 0.667. The molecule has 0 radical (unpaired) electrons. The van der Waals surface area contributed by atoms with Crippen molar-refractivity contribution in [3.8, 4) is 0 Å². The van der Waals surface area contributed by atoms with Crippen LogP contribution in [0.25, 0.3) is 0 Å². The minimum absolute atomic E-state index is 0.239. The van der Waals surface area contributed by atoms with Gasteiger partial charge in [-0.3, -0.25) is 4.79 Å². The molecule has 18 heavy (non-hydrogen) atoms. The molecule has 1 aromatic rings. The number of carbonyl (C=O) groups is 1. The molecule has 1 N–H and O–H groups in total. The van der Waals surface area contributed by atoms with E-state index in [1.54, 1.807) is 0 Å². The topological polar surface area (TPSA) is 51.3 Å². The minimum Gasteiger partial charge on any atom is -0.463 e. The number of ether oxygens (including phenoxy) is 2. The first kappa shape index (κ1) is 15.3. The van der Waals surface area contributed by atoms with Crippen molar-refractivity contribution in [1.82, 2.24) is 4.98 Å². The van der Waals surface area contributed by atoms with E-state index < -0.39 is 0 Å². The zero-order chi connectivity index (χ0) is 13.5. The highest BCUT2D eigenvalue weighted by atomic mass is 32.1. The van der Waals surface area contributed by atoms with Gasteiger partial charge in [-0.1, -0.05) is 13.8 Å². The molecule has 0 aliphatic rings. The van der Waals surface area contributed by atoms with Gasteiger partial charge in [0.15, 0.2) is 3.95 Å². The Bertz CT molecular complexity index is 437. The van der Waals surface area contributed by atoms with Crippen molar-refractivity contribution >= 4 is 29.5 Å². The van der Waals surface area contributed by atoms with Gasteiger partial charge in [-0.25, -0.2) is 0 Å². The predicted octanol–water partition coefficient (Wildman–Crippen LogP) is 2.87. The number of carbonyl (C=O) groups excluding carboxylic acids is 1. The van der Waals surface area contributed by atoms with Gasteiger partial charge in [0.25, 0.3) is 0 Å². The highest BCUT2D eigenvalue weighted by molar-refractivity contribution is 7.73. The number of aromatic nitrogens is 1. The van der Waals surface area contributed by atoms with Crippen LogP contribution in [-0.4, -0.2) is 30.8 Å². The van der Waals surface area contributed by atoms with E-state index in [0.717, 1.165) is 10.6 Å². The van der Waals surface area contributed by atoms with Crippen molar-refractivity contribution in [2.45, 2.75) is 27.2 Å². The monoisotopic (exact) mass is 289 g/mol. The molecule has 102 valence electrons. The molecule has 0 aliphatic carbocycles. The van der Waals surface area contributed by atoms with Crippen molar-refractivity contribution in [3.05, 3.63) is 14.5 Å². The molecule has 0 spiro atoms. The summed E-state index contributed by atoms with van der Waals surface area (Å²) in [6.07, 6.45) is 0.272. The normalized spacial score (nSPS) is 10.9. The Hall–Kier alpha value is -0.720. The Morgan fingerprint density at radius 1 is 1.44 bits per heavy atom. The lowest BCUT2D eigenvalue weighted by molar-refractivity contribution is -0.144. The van der Waals surface area contributed by atoms with E-state index in [1.807, 2.05) is 6.92 Å². The second-order valence-electron chi connectivity index (χ2n) is 4.43. The van der Waals surface area contributed by atoms with Crippen molar-refractivity contribution in [2.24, 2.45) is 5.92 Å². The summed E-state index contributed by atoms with van der Waals surface area (Å²) in [7, 11) is 0. The van der Waals surface area contributed by atoms with Crippen molar-refractivity contribution in [1.29, 1.82) is 0 Å². The van der Waals surface area contributed by atoms with Gasteiger partial charge in [0.1, 0.15) is 6.61 Å². The Balaban J connectivity index is 2.22. The molecule has 0 aliphatic heterocycles. The SMILES string of the molecule is Cc1[nH]c(=S)sc1CC(=O)OCCOCC(C)C. The molecule has 0 amide bonds. The molecule has 0 saturated heterocycles. The number of H-pyrrole nitrogens is 1. The van der Waals surface area contributed by atoms with Crippen LogP contribution in [0.1, 0.15) is 24.4 Å². The Morgan fingerprint density at radius 2 is 2.17 bits per heavy atom. The van der Waals surface area contributed by atoms with E-state index in [9.17, 15) is 4.79 Å². The van der Waals surface area contributed by atoms with Crippen LogP contribution in [0.5, 0.6) is 0 Å². The van der Waals surface area contributed by atoms with E-state index in [4.69, 9.17) is 21.7 Å². The van der Waals surface area contributed by atoms with Gasteiger partial charge in [-0.2, -0.15) is 0 Å². The summed E-state index contributed by atoms with van der Waals surface area (Å²) in [6.45, 7) is 7.51. The van der Waals surface area contributed by atoms with Crippen LogP contribution in [-0.2, 0) is 20.7 Å². The molecule has 6 heteroatoms. The third kappa shape index (κ3) is 5.75. The van der Waals surface area contributed by atoms with Gasteiger partial charge in [-0.15, -0.1) is 11.3 Å². The van der Waals surface area contributed by atoms with E-state index in [2.05, 4.69) is 18.8 Å². The predicted molar refractivity (Wildman–Crippen MR) is 74.6 cm³/mol. The Kier molecular flexibility index (Phi) is 6.52. The third-order valence-electron chi connectivity index (χ3n) is 2.17. The number of hydrogen-bond donors (Lipinski definition) is 1. The lowest BCUT2D eigenvalue weighted by atomic mass is 10.2. The summed E-state index contributed by atoms with van der Waals surface area (Å²) in [5.41, 5.74) is 0.943. The summed E-state index contributed by atoms with van der Waals surface area (Å²) < 4.78 is 11.1. The van der Waals surface area contributed by atoms with Crippen LogP contribution in [0, 0.1) is 16.8 Å². The number of esters is 1. The number of nitrogens with one attached hydrogen (secondary N) is 1. The Labute approximate surface area is 116 Å². The van der Waals surface area contributed by atoms with E-state index in [0.29, 0.717) is 29.7 Å². The minimum atomic E-state index is -0.239. The molecule has 0 bridgehead atoms. The quantitative estimate of drug-likeness (QED) is 0.476. The fourth-order valence-corrected chi connectivity index (χ4v) is 2.60. The highest BCUT2D eigenvalue weighted by Gasteiger charge is 2.09. The van der Waals surface area contributed by atoms with Crippen LogP contribution in [0.3, 0.4) is 0 Å². The largest absolute Gasteiger partial charge is 0.463 e. The number of hydrogen-bond acceptors (Lipinski definition) is 5. The lowest BCUT2D eigenvalue weighted by Crippen LogP contribution is -2.14. The van der Waals surface area contributed by atoms with Crippen LogP contribution >= 0.6 is 23.6 Å². The van der Waals surface area contributed by atoms with E-state index in [1.165, 1.54) is 11.3 Å². The van der Waals surface area contributed by atoms with Crippen LogP contribution in [0.2, 0.25) is 0 Å². The zero-order valence-corrected chi connectivity index (χ0v) is 12.6. The van der Waals surface area contributed by atoms with Gasteiger partial charge in [0, 0.05) is 17.2 Å². The first-order chi connectivity index (χ1) is 8.49. The van der Waals surface area contributed by atoms with E-state index >= 15 is 0 Å². The second kappa shape index (κ2) is 7.66. The molecule has 0 saturated carbocycles. The Morgan fingerprint density at radius 3 is 2.72 bits per heavy atom. The maximum Gasteiger partial charge on any atom is 0.311 e. The number of rotatable bonds is 7. The summed E-state index contributed by atoms with van der Waals surface area (Å²) in [5, 5.41) is 0. The fourth-order valence-electron chi connectivity index (χ4n) is 1.32. The standard InChI is InChI=1S/C12H19NO3S2/c1-8(2)7-15-4-5-16-11(14)6-10-9(3)13-12(17)18-10/h8H,4-7H2,1-3H3,(H,13,17). The van der Waals surface area contributed by atoms with Crippen LogP contribution in [0.15, 0.2) is 0 Å². The van der Waals surface area contributed by atoms with Crippen LogP contribution < -0.4 is 0 Å². The first-order valence-corrected chi connectivity index (χ1v) is 7.13. The molecular formula is C12H19NO3S2. The van der Waals surface area contributed by atoms with Crippen LogP contribution in [0.4, 0.5) is 0 Å². The third-order valence-corrected chi connectivity index (χ3v) is 3.51. The highest BCUT2D eigenvalue weighted by Crippen LogP contribution is 2.15. The second-order valence-corrected chi connectivity index (χ2v) is 6.20. The molecule has 1 rings (SSSR count). The molecule has 1 aromatic heterocycles. The molecule has 1 heterocycles. The van der Waals surface area contributed by atoms with Gasteiger partial charge in [0.2, 0.25) is 0 Å². The molecule has 0 unspecified atom stereocenters. The summed E-state index contributed by atoms with van der Waals surface area (Å²) >= 11 is 6.43. The van der Waals surface area contributed by atoms with E-state index in [-0.39, 0.29) is 12.4 Å². The summed E-state index contributed by atoms with van der Waals surface area (Å²) in [5.74, 6) is 0.256. The van der Waals surface area contributed by atoms with Crippen molar-refractivity contribution in [3.63, 3.8) is 0 Å². The zero-order valence-electron chi connectivity index (χ0n) is 10.9. The number of thiazole rings is 1. The average Bonchev–Trinajstić information content (AvgIpc) is 2.56. The maximum atomic E-state index is 11.6.